The van der Waals surface area contributed by atoms with E-state index >= 15 is 0 Å². The van der Waals surface area contributed by atoms with Crippen LogP contribution in [0.2, 0.25) is 0 Å². The number of benzene rings is 2. The maximum atomic E-state index is 3.50. The van der Waals surface area contributed by atoms with Gasteiger partial charge in [-0.3, -0.25) is 0 Å². The number of rotatable bonds is 4. The Labute approximate surface area is 133 Å². The highest BCUT2D eigenvalue weighted by molar-refractivity contribution is 5.85. The van der Waals surface area contributed by atoms with Gasteiger partial charge >= 0.3 is 0 Å². The lowest BCUT2D eigenvalue weighted by atomic mass is 9.99. The normalized spacial score (nSPS) is 18.7. The molecule has 1 atom stereocenters. The van der Waals surface area contributed by atoms with Crippen LogP contribution < -0.4 is 5.32 Å². The zero-order valence-corrected chi connectivity index (χ0v) is 13.5. The Morgan fingerprint density at radius 1 is 1.14 bits per heavy atom. The second kappa shape index (κ2) is 7.79. The summed E-state index contributed by atoms with van der Waals surface area (Å²) in [6.07, 6.45) is 2.70. The third-order valence-electron chi connectivity index (χ3n) is 4.24. The van der Waals surface area contributed by atoms with Gasteiger partial charge in [0.25, 0.3) is 0 Å². The van der Waals surface area contributed by atoms with Gasteiger partial charge in [0.1, 0.15) is 0 Å². The molecule has 2 aromatic carbocycles. The Kier molecular flexibility index (Phi) is 6.04. The first-order valence-corrected chi connectivity index (χ1v) is 7.68. The van der Waals surface area contributed by atoms with Gasteiger partial charge in [0.05, 0.1) is 0 Å². The highest BCUT2D eigenvalue weighted by Gasteiger charge is 2.14. The zero-order chi connectivity index (χ0) is 13.8. The molecule has 0 bridgehead atoms. The van der Waals surface area contributed by atoms with Crippen molar-refractivity contribution < 1.29 is 0 Å². The van der Waals surface area contributed by atoms with Crippen molar-refractivity contribution in [1.82, 2.24) is 10.2 Å². The molecule has 1 fully saturated rings. The molecule has 1 saturated heterocycles. The molecular weight excluding hydrogens is 280 g/mol. The highest BCUT2D eigenvalue weighted by atomic mass is 35.5. The molecule has 1 aliphatic heterocycles. The summed E-state index contributed by atoms with van der Waals surface area (Å²) >= 11 is 0. The van der Waals surface area contributed by atoms with Crippen molar-refractivity contribution >= 4 is 23.2 Å². The number of nitrogens with one attached hydrogen (secondary N) is 1. The van der Waals surface area contributed by atoms with Crippen molar-refractivity contribution in [2.75, 3.05) is 26.7 Å². The molecule has 1 N–H and O–H groups in total. The van der Waals surface area contributed by atoms with Crippen molar-refractivity contribution in [3.05, 3.63) is 48.0 Å². The Bertz CT molecular complexity index is 564. The van der Waals surface area contributed by atoms with Crippen molar-refractivity contribution in [1.29, 1.82) is 0 Å². The second-order valence-electron chi connectivity index (χ2n) is 6.09. The molecule has 3 rings (SSSR count). The molecule has 2 aromatic rings. The van der Waals surface area contributed by atoms with Gasteiger partial charge in [0.15, 0.2) is 0 Å². The molecule has 1 heterocycles. The number of nitrogens with zero attached hydrogens (tertiary/aromatic N) is 1. The Morgan fingerprint density at radius 2 is 1.95 bits per heavy atom. The molecule has 114 valence electrons. The van der Waals surface area contributed by atoms with Gasteiger partial charge in [-0.1, -0.05) is 36.4 Å². The molecule has 21 heavy (non-hydrogen) atoms. The predicted octanol–water partition coefficient (Wildman–Crippen LogP) is 3.69. The topological polar surface area (TPSA) is 15.3 Å². The van der Waals surface area contributed by atoms with Crippen LogP contribution in [0.1, 0.15) is 18.4 Å². The number of fused-ring (bicyclic) bond motifs is 1. The first-order valence-electron chi connectivity index (χ1n) is 7.68. The van der Waals surface area contributed by atoms with Crippen LogP contribution in [-0.2, 0) is 6.54 Å². The van der Waals surface area contributed by atoms with Gasteiger partial charge in [0, 0.05) is 13.1 Å². The van der Waals surface area contributed by atoms with Gasteiger partial charge in [-0.05, 0) is 61.3 Å². The molecule has 0 radical (unpaired) electrons. The largest absolute Gasteiger partial charge is 0.316 e. The van der Waals surface area contributed by atoms with Crippen LogP contribution >= 0.6 is 12.4 Å². The van der Waals surface area contributed by atoms with Crippen LogP contribution in [0.5, 0.6) is 0 Å². The zero-order valence-electron chi connectivity index (χ0n) is 12.7. The lowest BCUT2D eigenvalue weighted by Gasteiger charge is -2.27. The summed E-state index contributed by atoms with van der Waals surface area (Å²) in [6, 6.07) is 15.4. The van der Waals surface area contributed by atoms with E-state index in [-0.39, 0.29) is 12.4 Å². The van der Waals surface area contributed by atoms with E-state index in [4.69, 9.17) is 0 Å². The summed E-state index contributed by atoms with van der Waals surface area (Å²) in [5, 5.41) is 6.18. The van der Waals surface area contributed by atoms with Crippen LogP contribution in [0, 0.1) is 5.92 Å². The van der Waals surface area contributed by atoms with Crippen molar-refractivity contribution in [3.8, 4) is 0 Å². The maximum absolute atomic E-state index is 3.50. The van der Waals surface area contributed by atoms with E-state index in [2.05, 4.69) is 59.7 Å². The van der Waals surface area contributed by atoms with E-state index < -0.39 is 0 Å². The minimum atomic E-state index is 0. The fraction of sp³-hybridized carbons (Fsp3) is 0.444. The van der Waals surface area contributed by atoms with Gasteiger partial charge in [-0.15, -0.1) is 12.4 Å². The number of hydrogen-bond acceptors (Lipinski definition) is 2. The Morgan fingerprint density at radius 3 is 2.71 bits per heavy atom. The number of halogens is 1. The molecule has 2 nitrogen and oxygen atoms in total. The first-order chi connectivity index (χ1) is 9.81. The average molecular weight is 305 g/mol. The number of hydrogen-bond donors (Lipinski definition) is 1. The molecule has 0 aliphatic carbocycles. The summed E-state index contributed by atoms with van der Waals surface area (Å²) in [4.78, 5) is 2.46. The maximum Gasteiger partial charge on any atom is 0.0231 e. The lowest BCUT2D eigenvalue weighted by molar-refractivity contribution is 0.237. The lowest BCUT2D eigenvalue weighted by Crippen LogP contribution is -2.36. The molecule has 0 aromatic heterocycles. The fourth-order valence-electron chi connectivity index (χ4n) is 3.23. The second-order valence-corrected chi connectivity index (χ2v) is 6.09. The number of piperidine rings is 1. The molecule has 3 heteroatoms. The highest BCUT2D eigenvalue weighted by Crippen LogP contribution is 2.17. The van der Waals surface area contributed by atoms with E-state index in [1.54, 1.807) is 0 Å². The quantitative estimate of drug-likeness (QED) is 0.926. The van der Waals surface area contributed by atoms with Crippen LogP contribution in [0.15, 0.2) is 42.5 Å². The summed E-state index contributed by atoms with van der Waals surface area (Å²) in [5.41, 5.74) is 1.41. The Hall–Kier alpha value is -1.09. The Balaban J connectivity index is 0.00000161. The van der Waals surface area contributed by atoms with Crippen molar-refractivity contribution in [2.45, 2.75) is 19.4 Å². The average Bonchev–Trinajstić information content (AvgIpc) is 2.48. The van der Waals surface area contributed by atoms with Crippen LogP contribution in [0.3, 0.4) is 0 Å². The minimum Gasteiger partial charge on any atom is -0.316 e. The monoisotopic (exact) mass is 304 g/mol. The van der Waals surface area contributed by atoms with E-state index in [0.717, 1.165) is 12.5 Å². The summed E-state index contributed by atoms with van der Waals surface area (Å²) in [7, 11) is 2.24. The third-order valence-corrected chi connectivity index (χ3v) is 4.24. The predicted molar refractivity (Wildman–Crippen MR) is 93.1 cm³/mol. The van der Waals surface area contributed by atoms with Crippen LogP contribution in [0.25, 0.3) is 10.8 Å². The van der Waals surface area contributed by atoms with Crippen molar-refractivity contribution in [2.24, 2.45) is 5.92 Å². The van der Waals surface area contributed by atoms with Gasteiger partial charge in [-0.25, -0.2) is 0 Å². The molecule has 0 saturated carbocycles. The van der Waals surface area contributed by atoms with Crippen LogP contribution in [0.4, 0.5) is 0 Å². The molecule has 0 spiro atoms. The van der Waals surface area contributed by atoms with E-state index in [9.17, 15) is 0 Å². The molecule has 0 amide bonds. The first kappa shape index (κ1) is 16.3. The smallest absolute Gasteiger partial charge is 0.0231 e. The van der Waals surface area contributed by atoms with E-state index in [0.29, 0.717) is 0 Å². The van der Waals surface area contributed by atoms with E-state index in [1.807, 2.05) is 0 Å². The summed E-state index contributed by atoms with van der Waals surface area (Å²) in [5.74, 6) is 0.814. The standard InChI is InChI=1S/C18H24N2.ClH/c1-20(14-16-5-4-10-19-12-16)13-15-8-9-17-6-2-3-7-18(17)11-15;/h2-3,6-9,11,16,19H,4-5,10,12-14H2,1H3;1H. The van der Waals surface area contributed by atoms with Crippen LogP contribution in [-0.4, -0.2) is 31.6 Å². The van der Waals surface area contributed by atoms with Gasteiger partial charge in [0.2, 0.25) is 0 Å². The van der Waals surface area contributed by atoms with Crippen molar-refractivity contribution in [3.63, 3.8) is 0 Å². The molecular formula is C18H25ClN2. The van der Waals surface area contributed by atoms with Gasteiger partial charge in [-0.2, -0.15) is 0 Å². The van der Waals surface area contributed by atoms with E-state index in [1.165, 1.54) is 48.8 Å². The summed E-state index contributed by atoms with van der Waals surface area (Å²) in [6.45, 7) is 4.62. The van der Waals surface area contributed by atoms with Gasteiger partial charge < -0.3 is 10.2 Å². The SMILES string of the molecule is CN(Cc1ccc2ccccc2c1)CC1CCCNC1.Cl. The summed E-state index contributed by atoms with van der Waals surface area (Å²) < 4.78 is 0. The molecule has 1 aliphatic rings. The molecule has 1 unspecified atom stereocenters. The minimum absolute atomic E-state index is 0. The third kappa shape index (κ3) is 4.44. The fourth-order valence-corrected chi connectivity index (χ4v) is 3.23.